The van der Waals surface area contributed by atoms with Gasteiger partial charge in [0, 0.05) is 18.3 Å². The summed E-state index contributed by atoms with van der Waals surface area (Å²) in [5.74, 6) is -2.11. The predicted molar refractivity (Wildman–Crippen MR) is 67.6 cm³/mol. The van der Waals surface area contributed by atoms with Crippen molar-refractivity contribution >= 4 is 29.2 Å². The smallest absolute Gasteiger partial charge is 0.326 e. The van der Waals surface area contributed by atoms with Gasteiger partial charge in [0.15, 0.2) is 0 Å². The van der Waals surface area contributed by atoms with Crippen molar-refractivity contribution in [2.45, 2.75) is 18.9 Å². The number of urea groups is 1. The highest BCUT2D eigenvalue weighted by molar-refractivity contribution is 7.07. The minimum Gasteiger partial charge on any atom is -0.480 e. The van der Waals surface area contributed by atoms with Gasteiger partial charge in [0.25, 0.3) is 0 Å². The second-order valence-corrected chi connectivity index (χ2v) is 4.41. The Kier molecular flexibility index (Phi) is 5.73. The van der Waals surface area contributed by atoms with E-state index in [1.165, 1.54) is 11.3 Å². The normalized spacial score (nSPS) is 11.6. The van der Waals surface area contributed by atoms with Crippen molar-refractivity contribution in [2.75, 3.05) is 6.54 Å². The van der Waals surface area contributed by atoms with Gasteiger partial charge in [-0.15, -0.1) is 11.3 Å². The Balaban J connectivity index is 2.32. The van der Waals surface area contributed by atoms with Crippen LogP contribution in [0.3, 0.4) is 0 Å². The number of carboxylic acids is 1. The molecular formula is C10H14N4O4S. The quantitative estimate of drug-likeness (QED) is 0.526. The van der Waals surface area contributed by atoms with Gasteiger partial charge in [0.1, 0.15) is 6.04 Å². The summed E-state index contributed by atoms with van der Waals surface area (Å²) in [5, 5.41) is 15.3. The highest BCUT2D eigenvalue weighted by Gasteiger charge is 2.21. The predicted octanol–water partition coefficient (Wildman–Crippen LogP) is -0.687. The van der Waals surface area contributed by atoms with Gasteiger partial charge in [0.2, 0.25) is 5.91 Å². The second kappa shape index (κ2) is 7.31. The molecule has 0 aliphatic carbocycles. The molecule has 0 bridgehead atoms. The second-order valence-electron chi connectivity index (χ2n) is 3.69. The molecular weight excluding hydrogens is 272 g/mol. The van der Waals surface area contributed by atoms with Gasteiger partial charge in [0.05, 0.1) is 17.6 Å². The van der Waals surface area contributed by atoms with Crippen LogP contribution in [0.5, 0.6) is 0 Å². The molecule has 0 radical (unpaired) electrons. The zero-order chi connectivity index (χ0) is 14.3. The maximum atomic E-state index is 11.4. The molecule has 0 saturated carbocycles. The zero-order valence-corrected chi connectivity index (χ0v) is 10.8. The summed E-state index contributed by atoms with van der Waals surface area (Å²) in [6.45, 7) is 0.318. The fraction of sp³-hybridized carbons (Fsp3) is 0.400. The van der Waals surface area contributed by atoms with Gasteiger partial charge >= 0.3 is 12.0 Å². The topological polar surface area (TPSA) is 134 Å². The highest BCUT2D eigenvalue weighted by atomic mass is 32.1. The molecule has 1 unspecified atom stereocenters. The molecule has 1 heterocycles. The van der Waals surface area contributed by atoms with E-state index >= 15 is 0 Å². The van der Waals surface area contributed by atoms with Gasteiger partial charge in [-0.2, -0.15) is 0 Å². The molecule has 104 valence electrons. The molecule has 3 amide bonds. The molecule has 0 aliphatic rings. The summed E-state index contributed by atoms with van der Waals surface area (Å²) in [4.78, 5) is 36.9. The number of hydrogen-bond donors (Lipinski definition) is 4. The number of amides is 3. The molecule has 0 aromatic carbocycles. The average molecular weight is 286 g/mol. The number of nitrogens with zero attached hydrogens (tertiary/aromatic N) is 1. The van der Waals surface area contributed by atoms with Gasteiger partial charge < -0.3 is 21.5 Å². The van der Waals surface area contributed by atoms with Gasteiger partial charge in [-0.25, -0.2) is 14.6 Å². The first-order chi connectivity index (χ1) is 8.99. The monoisotopic (exact) mass is 286 g/mol. The molecule has 1 aromatic heterocycles. The molecule has 1 rings (SSSR count). The Bertz CT molecular complexity index is 448. The molecule has 0 aliphatic heterocycles. The first kappa shape index (κ1) is 14.9. The van der Waals surface area contributed by atoms with Crippen molar-refractivity contribution in [1.82, 2.24) is 15.6 Å². The SMILES string of the molecule is NC(=O)CC(NC(=O)NCCc1cscn1)C(=O)O. The maximum absolute atomic E-state index is 11.4. The van der Waals surface area contributed by atoms with Crippen molar-refractivity contribution in [1.29, 1.82) is 0 Å². The molecule has 0 fully saturated rings. The third-order valence-corrected chi connectivity index (χ3v) is 2.79. The minimum absolute atomic E-state index is 0.318. The van der Waals surface area contributed by atoms with Crippen molar-refractivity contribution in [2.24, 2.45) is 5.73 Å². The van der Waals surface area contributed by atoms with Crippen LogP contribution >= 0.6 is 11.3 Å². The van der Waals surface area contributed by atoms with E-state index < -0.39 is 30.4 Å². The number of carboxylic acid groups (broad SMARTS) is 1. The summed E-state index contributed by atoms with van der Waals surface area (Å²) in [6.07, 6.45) is 0.0965. The van der Waals surface area contributed by atoms with Crippen LogP contribution in [0.4, 0.5) is 4.79 Å². The number of aromatic nitrogens is 1. The van der Waals surface area contributed by atoms with Crippen LogP contribution in [0.25, 0.3) is 0 Å². The molecule has 1 atom stereocenters. The molecule has 0 spiro atoms. The number of hydrogen-bond acceptors (Lipinski definition) is 5. The number of thiazole rings is 1. The number of primary amides is 1. The van der Waals surface area contributed by atoms with Crippen LogP contribution in [0.1, 0.15) is 12.1 Å². The summed E-state index contributed by atoms with van der Waals surface area (Å²) in [7, 11) is 0. The molecule has 0 saturated heterocycles. The minimum atomic E-state index is -1.32. The van der Waals surface area contributed by atoms with E-state index in [0.717, 1.165) is 5.69 Å². The van der Waals surface area contributed by atoms with Crippen LogP contribution in [-0.2, 0) is 16.0 Å². The van der Waals surface area contributed by atoms with Crippen molar-refractivity contribution in [3.63, 3.8) is 0 Å². The van der Waals surface area contributed by atoms with Gasteiger partial charge in [-0.1, -0.05) is 0 Å². The lowest BCUT2D eigenvalue weighted by molar-refractivity contribution is -0.140. The Labute approximate surface area is 113 Å². The Morgan fingerprint density at radius 3 is 2.74 bits per heavy atom. The van der Waals surface area contributed by atoms with E-state index in [9.17, 15) is 14.4 Å². The highest BCUT2D eigenvalue weighted by Crippen LogP contribution is 2.00. The van der Waals surface area contributed by atoms with E-state index in [-0.39, 0.29) is 0 Å². The fourth-order valence-corrected chi connectivity index (χ4v) is 1.87. The summed E-state index contributed by atoms with van der Waals surface area (Å²) < 4.78 is 0. The zero-order valence-electron chi connectivity index (χ0n) is 9.96. The van der Waals surface area contributed by atoms with Gasteiger partial charge in [-0.05, 0) is 0 Å². The number of nitrogens with two attached hydrogens (primary N) is 1. The first-order valence-electron chi connectivity index (χ1n) is 5.41. The first-order valence-corrected chi connectivity index (χ1v) is 6.36. The Morgan fingerprint density at radius 2 is 2.21 bits per heavy atom. The molecule has 1 aromatic rings. The third kappa shape index (κ3) is 5.82. The number of rotatable bonds is 7. The van der Waals surface area contributed by atoms with E-state index in [1.807, 2.05) is 5.38 Å². The van der Waals surface area contributed by atoms with E-state index in [2.05, 4.69) is 15.6 Å². The van der Waals surface area contributed by atoms with Crippen LogP contribution in [0.2, 0.25) is 0 Å². The lowest BCUT2D eigenvalue weighted by Crippen LogP contribution is -2.48. The van der Waals surface area contributed by atoms with Crippen molar-refractivity contribution < 1.29 is 19.5 Å². The third-order valence-electron chi connectivity index (χ3n) is 2.16. The Morgan fingerprint density at radius 1 is 1.47 bits per heavy atom. The molecule has 5 N–H and O–H groups in total. The lowest BCUT2D eigenvalue weighted by atomic mass is 10.2. The summed E-state index contributed by atoms with van der Waals surface area (Å²) >= 11 is 1.45. The maximum Gasteiger partial charge on any atom is 0.326 e. The fourth-order valence-electron chi connectivity index (χ4n) is 1.28. The molecule has 9 heteroatoms. The van der Waals surface area contributed by atoms with Crippen LogP contribution in [0, 0.1) is 0 Å². The largest absolute Gasteiger partial charge is 0.480 e. The van der Waals surface area contributed by atoms with E-state index in [1.54, 1.807) is 5.51 Å². The molecule has 19 heavy (non-hydrogen) atoms. The average Bonchev–Trinajstić information content (AvgIpc) is 2.80. The standard InChI is InChI=1S/C10H14N4O4S/c11-8(15)3-7(9(16)17)14-10(18)12-2-1-6-4-19-5-13-6/h4-5,7H,1-3H2,(H2,11,15)(H,16,17)(H2,12,14,18). The summed E-state index contributed by atoms with van der Waals surface area (Å²) in [6, 6.07) is -1.99. The van der Waals surface area contributed by atoms with Crippen LogP contribution < -0.4 is 16.4 Å². The van der Waals surface area contributed by atoms with Crippen LogP contribution in [0.15, 0.2) is 10.9 Å². The summed E-state index contributed by atoms with van der Waals surface area (Å²) in [5.41, 5.74) is 7.42. The number of carbonyl (C=O) groups excluding carboxylic acids is 2. The Hall–Kier alpha value is -2.16. The number of nitrogens with one attached hydrogen (secondary N) is 2. The lowest BCUT2D eigenvalue weighted by Gasteiger charge is -2.13. The number of aliphatic carboxylic acids is 1. The van der Waals surface area contributed by atoms with E-state index in [0.29, 0.717) is 13.0 Å². The van der Waals surface area contributed by atoms with Crippen molar-refractivity contribution in [3.05, 3.63) is 16.6 Å². The van der Waals surface area contributed by atoms with Crippen molar-refractivity contribution in [3.8, 4) is 0 Å². The van der Waals surface area contributed by atoms with E-state index in [4.69, 9.17) is 10.8 Å². The molecule has 8 nitrogen and oxygen atoms in total. The van der Waals surface area contributed by atoms with Gasteiger partial charge in [-0.3, -0.25) is 4.79 Å². The number of carbonyl (C=O) groups is 3. The van der Waals surface area contributed by atoms with Crippen LogP contribution in [-0.4, -0.2) is 40.6 Å².